The molecule has 0 saturated heterocycles. The van der Waals surface area contributed by atoms with Crippen LogP contribution < -0.4 is 0 Å². The number of fused-ring (bicyclic) bond motifs is 1. The summed E-state index contributed by atoms with van der Waals surface area (Å²) in [5.74, 6) is -0.451. The van der Waals surface area contributed by atoms with Crippen LogP contribution in [0.2, 0.25) is 0 Å². The van der Waals surface area contributed by atoms with Crippen LogP contribution in [0.3, 0.4) is 0 Å². The number of aliphatic hydroxyl groups is 1. The van der Waals surface area contributed by atoms with Gasteiger partial charge in [0, 0.05) is 6.54 Å². The number of carbonyl (C=O) groups is 2. The van der Waals surface area contributed by atoms with Gasteiger partial charge >= 0.3 is 0 Å². The summed E-state index contributed by atoms with van der Waals surface area (Å²) >= 11 is 0. The number of nitrogens with zero attached hydrogens (tertiary/aromatic N) is 1. The molecule has 0 spiro atoms. The minimum atomic E-state index is -0.398. The van der Waals surface area contributed by atoms with Gasteiger partial charge in [0.2, 0.25) is 0 Å². The predicted molar refractivity (Wildman–Crippen MR) is 62.7 cm³/mol. The molecule has 4 heteroatoms. The molecule has 1 heterocycles. The number of amides is 2. The second kappa shape index (κ2) is 4.67. The molecule has 0 saturated carbocycles. The molecule has 1 N–H and O–H groups in total. The highest BCUT2D eigenvalue weighted by molar-refractivity contribution is 6.21. The first kappa shape index (κ1) is 11.8. The van der Waals surface area contributed by atoms with Crippen LogP contribution in [0.4, 0.5) is 0 Å². The molecule has 4 nitrogen and oxygen atoms in total. The molecule has 1 aromatic carbocycles. The fourth-order valence-electron chi connectivity index (χ4n) is 1.99. The van der Waals surface area contributed by atoms with Gasteiger partial charge in [0.05, 0.1) is 17.2 Å². The van der Waals surface area contributed by atoms with Crippen molar-refractivity contribution in [3.63, 3.8) is 0 Å². The van der Waals surface area contributed by atoms with Crippen molar-refractivity contribution in [2.24, 2.45) is 0 Å². The topological polar surface area (TPSA) is 57.6 Å². The third-order valence-corrected chi connectivity index (χ3v) is 2.88. The number of hydrogen-bond acceptors (Lipinski definition) is 3. The fourth-order valence-corrected chi connectivity index (χ4v) is 1.99. The van der Waals surface area contributed by atoms with Gasteiger partial charge in [0.25, 0.3) is 11.8 Å². The number of rotatable bonds is 4. The Balaban J connectivity index is 2.08. The Hall–Kier alpha value is -1.68. The molecule has 2 rings (SSSR count). The van der Waals surface area contributed by atoms with Crippen molar-refractivity contribution in [3.05, 3.63) is 35.4 Å². The molecule has 2 amide bonds. The van der Waals surface area contributed by atoms with E-state index in [0.29, 0.717) is 30.5 Å². The quantitative estimate of drug-likeness (QED) is 0.801. The summed E-state index contributed by atoms with van der Waals surface area (Å²) in [6.07, 6.45) is 0.821. The second-order valence-corrected chi connectivity index (χ2v) is 4.30. The highest BCUT2D eigenvalue weighted by atomic mass is 16.3. The van der Waals surface area contributed by atoms with Crippen LogP contribution in [0.25, 0.3) is 0 Å². The summed E-state index contributed by atoms with van der Waals surface area (Å²) < 4.78 is 0. The van der Waals surface area contributed by atoms with E-state index in [-0.39, 0.29) is 11.8 Å². The highest BCUT2D eigenvalue weighted by Crippen LogP contribution is 2.22. The van der Waals surface area contributed by atoms with Gasteiger partial charge in [-0.1, -0.05) is 12.1 Å². The molecular weight excluding hydrogens is 218 g/mol. The molecule has 0 fully saturated rings. The van der Waals surface area contributed by atoms with Gasteiger partial charge in [-0.15, -0.1) is 0 Å². The Morgan fingerprint density at radius 2 is 1.71 bits per heavy atom. The molecule has 0 aliphatic carbocycles. The Morgan fingerprint density at radius 3 is 2.18 bits per heavy atom. The van der Waals surface area contributed by atoms with Crippen LogP contribution in [-0.2, 0) is 0 Å². The van der Waals surface area contributed by atoms with Crippen LogP contribution in [0, 0.1) is 0 Å². The number of carbonyl (C=O) groups excluding carboxylic acids is 2. The van der Waals surface area contributed by atoms with Crippen LogP contribution >= 0.6 is 0 Å². The van der Waals surface area contributed by atoms with Gasteiger partial charge in [0.15, 0.2) is 0 Å². The van der Waals surface area contributed by atoms with Crippen molar-refractivity contribution in [2.75, 3.05) is 6.54 Å². The van der Waals surface area contributed by atoms with Crippen LogP contribution in [0.1, 0.15) is 40.5 Å². The molecule has 1 aliphatic rings. The zero-order valence-corrected chi connectivity index (χ0v) is 9.72. The number of aliphatic hydroxyl groups excluding tert-OH is 1. The Kier molecular flexibility index (Phi) is 3.24. The standard InChI is InChI=1S/C13H15NO3/c1-9(15)5-4-8-14-12(16)10-6-2-3-7-11(10)13(14)17/h2-3,6-7,9,15H,4-5,8H2,1H3/t9-/m0/s1. The zero-order valence-electron chi connectivity index (χ0n) is 9.72. The Bertz CT molecular complexity index is 419. The predicted octanol–water partition coefficient (Wildman–Crippen LogP) is 1.44. The lowest BCUT2D eigenvalue weighted by atomic mass is 10.1. The summed E-state index contributed by atoms with van der Waals surface area (Å²) in [5, 5.41) is 9.14. The van der Waals surface area contributed by atoms with Gasteiger partial charge in [-0.05, 0) is 31.9 Å². The molecule has 1 aliphatic heterocycles. The minimum Gasteiger partial charge on any atom is -0.393 e. The third-order valence-electron chi connectivity index (χ3n) is 2.88. The normalized spacial score (nSPS) is 16.2. The minimum absolute atomic E-state index is 0.226. The molecule has 17 heavy (non-hydrogen) atoms. The first-order valence-corrected chi connectivity index (χ1v) is 5.74. The SMILES string of the molecule is C[C@H](O)CCCN1C(=O)c2ccccc2C1=O. The van der Waals surface area contributed by atoms with Crippen LogP contribution in [-0.4, -0.2) is 34.5 Å². The van der Waals surface area contributed by atoms with E-state index < -0.39 is 6.10 Å². The summed E-state index contributed by atoms with van der Waals surface area (Å²) in [6.45, 7) is 2.07. The van der Waals surface area contributed by atoms with Gasteiger partial charge < -0.3 is 5.11 Å². The summed E-state index contributed by atoms with van der Waals surface area (Å²) in [7, 11) is 0. The Morgan fingerprint density at radius 1 is 1.18 bits per heavy atom. The first-order valence-electron chi connectivity index (χ1n) is 5.74. The molecule has 90 valence electrons. The summed E-state index contributed by atoms with van der Waals surface area (Å²) in [6, 6.07) is 6.85. The maximum atomic E-state index is 11.9. The largest absolute Gasteiger partial charge is 0.393 e. The second-order valence-electron chi connectivity index (χ2n) is 4.30. The lowest BCUT2D eigenvalue weighted by Crippen LogP contribution is -2.31. The van der Waals surface area contributed by atoms with E-state index in [1.54, 1.807) is 31.2 Å². The van der Waals surface area contributed by atoms with Gasteiger partial charge in [0.1, 0.15) is 0 Å². The maximum absolute atomic E-state index is 11.9. The van der Waals surface area contributed by atoms with Gasteiger partial charge in [-0.2, -0.15) is 0 Å². The summed E-state index contributed by atoms with van der Waals surface area (Å²) in [4.78, 5) is 25.1. The van der Waals surface area contributed by atoms with E-state index in [0.717, 1.165) is 0 Å². The molecule has 0 aromatic heterocycles. The lowest BCUT2D eigenvalue weighted by molar-refractivity contribution is 0.0643. The zero-order chi connectivity index (χ0) is 12.4. The molecule has 0 bridgehead atoms. The van der Waals surface area contributed by atoms with Crippen molar-refractivity contribution in [2.45, 2.75) is 25.9 Å². The van der Waals surface area contributed by atoms with Crippen molar-refractivity contribution in [1.82, 2.24) is 4.90 Å². The molecular formula is C13H15NO3. The average Bonchev–Trinajstić information content (AvgIpc) is 2.54. The lowest BCUT2D eigenvalue weighted by Gasteiger charge is -2.13. The van der Waals surface area contributed by atoms with E-state index in [9.17, 15) is 9.59 Å². The van der Waals surface area contributed by atoms with Crippen molar-refractivity contribution in [1.29, 1.82) is 0 Å². The molecule has 1 atom stereocenters. The number of benzene rings is 1. The summed E-state index contributed by atoms with van der Waals surface area (Å²) in [5.41, 5.74) is 0.962. The average molecular weight is 233 g/mol. The molecule has 0 radical (unpaired) electrons. The van der Waals surface area contributed by atoms with E-state index >= 15 is 0 Å². The van der Waals surface area contributed by atoms with E-state index in [1.165, 1.54) is 4.90 Å². The molecule has 1 aromatic rings. The van der Waals surface area contributed by atoms with Crippen LogP contribution in [0.5, 0.6) is 0 Å². The van der Waals surface area contributed by atoms with E-state index in [2.05, 4.69) is 0 Å². The van der Waals surface area contributed by atoms with Crippen molar-refractivity contribution in [3.8, 4) is 0 Å². The number of hydrogen-bond donors (Lipinski definition) is 1. The van der Waals surface area contributed by atoms with Gasteiger partial charge in [-0.25, -0.2) is 0 Å². The van der Waals surface area contributed by atoms with Gasteiger partial charge in [-0.3, -0.25) is 14.5 Å². The number of imide groups is 1. The van der Waals surface area contributed by atoms with Crippen molar-refractivity contribution >= 4 is 11.8 Å². The monoisotopic (exact) mass is 233 g/mol. The maximum Gasteiger partial charge on any atom is 0.261 e. The fraction of sp³-hybridized carbons (Fsp3) is 0.385. The van der Waals surface area contributed by atoms with Crippen LogP contribution in [0.15, 0.2) is 24.3 Å². The van der Waals surface area contributed by atoms with E-state index in [1.807, 2.05) is 0 Å². The Labute approximate surface area is 99.9 Å². The van der Waals surface area contributed by atoms with E-state index in [4.69, 9.17) is 5.11 Å². The van der Waals surface area contributed by atoms with Crippen molar-refractivity contribution < 1.29 is 14.7 Å². The highest BCUT2D eigenvalue weighted by Gasteiger charge is 2.34. The third kappa shape index (κ3) is 2.22. The first-order chi connectivity index (χ1) is 8.11. The molecule has 0 unspecified atom stereocenters. The smallest absolute Gasteiger partial charge is 0.261 e.